The van der Waals surface area contributed by atoms with Gasteiger partial charge in [0.1, 0.15) is 5.75 Å². The molecule has 33 heavy (non-hydrogen) atoms. The molecule has 5 heteroatoms. The summed E-state index contributed by atoms with van der Waals surface area (Å²) in [5.41, 5.74) is 4.90. The van der Waals surface area contributed by atoms with Crippen LogP contribution in [-0.2, 0) is 0 Å². The van der Waals surface area contributed by atoms with Gasteiger partial charge in [-0.2, -0.15) is 0 Å². The number of rotatable bonds is 4. The Morgan fingerprint density at radius 3 is 2.52 bits per heavy atom. The van der Waals surface area contributed by atoms with E-state index in [-0.39, 0.29) is 11.9 Å². The lowest BCUT2D eigenvalue weighted by Crippen LogP contribution is -2.54. The number of pyridine rings is 1. The van der Waals surface area contributed by atoms with Crippen molar-refractivity contribution < 1.29 is 9.53 Å². The number of aromatic nitrogens is 1. The normalized spacial score (nSPS) is 16.1. The minimum atomic E-state index is 0.0739. The van der Waals surface area contributed by atoms with E-state index in [1.165, 1.54) is 0 Å². The third-order valence-electron chi connectivity index (χ3n) is 6.39. The van der Waals surface area contributed by atoms with Crippen molar-refractivity contribution in [3.8, 4) is 16.9 Å². The fourth-order valence-corrected chi connectivity index (χ4v) is 4.66. The van der Waals surface area contributed by atoms with E-state index >= 15 is 0 Å². The van der Waals surface area contributed by atoms with Gasteiger partial charge in [0.15, 0.2) is 0 Å². The first-order chi connectivity index (χ1) is 16.2. The maximum absolute atomic E-state index is 13.3. The molecule has 4 aromatic rings. The summed E-state index contributed by atoms with van der Waals surface area (Å²) in [5.74, 6) is 0.938. The van der Waals surface area contributed by atoms with Gasteiger partial charge < -0.3 is 14.5 Å². The average molecular weight is 438 g/mol. The smallest absolute Gasteiger partial charge is 0.254 e. The third-order valence-corrected chi connectivity index (χ3v) is 6.39. The highest BCUT2D eigenvalue weighted by Gasteiger charge is 2.29. The van der Waals surface area contributed by atoms with Crippen molar-refractivity contribution in [1.29, 1.82) is 0 Å². The summed E-state index contributed by atoms with van der Waals surface area (Å²) in [4.78, 5) is 22.1. The van der Waals surface area contributed by atoms with E-state index in [1.54, 1.807) is 7.11 Å². The molecule has 1 atom stereocenters. The van der Waals surface area contributed by atoms with E-state index in [1.807, 2.05) is 65.7 Å². The molecule has 0 saturated carbocycles. The molecule has 1 aliphatic heterocycles. The Bertz CT molecular complexity index is 1280. The number of nitrogens with zero attached hydrogens (tertiary/aromatic N) is 3. The van der Waals surface area contributed by atoms with Gasteiger partial charge >= 0.3 is 0 Å². The predicted octanol–water partition coefficient (Wildman–Crippen LogP) is 5.26. The summed E-state index contributed by atoms with van der Waals surface area (Å²) < 4.78 is 5.53. The maximum atomic E-state index is 13.3. The molecule has 0 bridgehead atoms. The van der Waals surface area contributed by atoms with Crippen molar-refractivity contribution >= 4 is 22.5 Å². The minimum absolute atomic E-state index is 0.0739. The summed E-state index contributed by atoms with van der Waals surface area (Å²) in [7, 11) is 1.69. The standard InChI is InChI=1S/C28H27N3O2/c1-20-19-30(25-10-3-4-11-26(25)33-2)17-18-31(20)28(32)23-14-12-21(13-15-23)24-9-5-7-22-8-6-16-29-27(22)24/h3-16,20H,17-19H2,1-2H3. The van der Waals surface area contributed by atoms with Crippen molar-refractivity contribution in [1.82, 2.24) is 9.88 Å². The zero-order valence-corrected chi connectivity index (χ0v) is 18.9. The Morgan fingerprint density at radius 1 is 0.939 bits per heavy atom. The van der Waals surface area contributed by atoms with Crippen LogP contribution in [0.1, 0.15) is 17.3 Å². The molecule has 1 aliphatic rings. The second kappa shape index (κ2) is 8.94. The molecule has 0 aliphatic carbocycles. The Labute approximate surface area is 194 Å². The zero-order chi connectivity index (χ0) is 22.8. The van der Waals surface area contributed by atoms with Crippen LogP contribution < -0.4 is 9.64 Å². The van der Waals surface area contributed by atoms with Gasteiger partial charge in [-0.05, 0) is 42.8 Å². The highest BCUT2D eigenvalue weighted by molar-refractivity contribution is 5.97. The average Bonchev–Trinajstić information content (AvgIpc) is 2.88. The number of methoxy groups -OCH3 is 1. The van der Waals surface area contributed by atoms with Gasteiger partial charge in [-0.3, -0.25) is 9.78 Å². The topological polar surface area (TPSA) is 45.7 Å². The monoisotopic (exact) mass is 437 g/mol. The molecule has 0 spiro atoms. The van der Waals surface area contributed by atoms with Crippen molar-refractivity contribution in [3.63, 3.8) is 0 Å². The molecular weight excluding hydrogens is 410 g/mol. The lowest BCUT2D eigenvalue weighted by molar-refractivity contribution is 0.0674. The van der Waals surface area contributed by atoms with Crippen molar-refractivity contribution in [2.24, 2.45) is 0 Å². The molecule has 0 N–H and O–H groups in total. The van der Waals surface area contributed by atoms with E-state index in [0.29, 0.717) is 12.1 Å². The molecule has 5 rings (SSSR count). The van der Waals surface area contributed by atoms with Crippen LogP contribution in [0.3, 0.4) is 0 Å². The number of fused-ring (bicyclic) bond motifs is 1. The van der Waals surface area contributed by atoms with E-state index < -0.39 is 0 Å². The highest BCUT2D eigenvalue weighted by atomic mass is 16.5. The van der Waals surface area contributed by atoms with E-state index in [2.05, 4.69) is 41.1 Å². The molecule has 3 aromatic carbocycles. The number of benzene rings is 3. The Hall–Kier alpha value is -3.86. The van der Waals surface area contributed by atoms with Crippen LogP contribution in [0.25, 0.3) is 22.0 Å². The number of piperazine rings is 1. The van der Waals surface area contributed by atoms with Gasteiger partial charge in [0.05, 0.1) is 18.3 Å². The Kier molecular flexibility index (Phi) is 5.69. The molecule has 1 unspecified atom stereocenters. The maximum Gasteiger partial charge on any atom is 0.254 e. The van der Waals surface area contributed by atoms with Gasteiger partial charge in [0, 0.05) is 48.4 Å². The lowest BCUT2D eigenvalue weighted by Gasteiger charge is -2.41. The van der Waals surface area contributed by atoms with Crippen LogP contribution >= 0.6 is 0 Å². The molecule has 1 aromatic heterocycles. The first-order valence-corrected chi connectivity index (χ1v) is 11.3. The number of carbonyl (C=O) groups is 1. The quantitative estimate of drug-likeness (QED) is 0.437. The second-order valence-corrected chi connectivity index (χ2v) is 8.42. The number of para-hydroxylation sites is 3. The number of hydrogen-bond acceptors (Lipinski definition) is 4. The molecule has 1 amide bonds. The van der Waals surface area contributed by atoms with Crippen LogP contribution in [0.5, 0.6) is 5.75 Å². The van der Waals surface area contributed by atoms with Crippen molar-refractivity contribution in [3.05, 3.63) is 90.6 Å². The van der Waals surface area contributed by atoms with Crippen LogP contribution in [0.15, 0.2) is 85.1 Å². The number of anilines is 1. The van der Waals surface area contributed by atoms with Crippen molar-refractivity contribution in [2.75, 3.05) is 31.6 Å². The van der Waals surface area contributed by atoms with E-state index in [9.17, 15) is 4.79 Å². The van der Waals surface area contributed by atoms with Gasteiger partial charge in [-0.15, -0.1) is 0 Å². The zero-order valence-electron chi connectivity index (χ0n) is 18.9. The number of ether oxygens (including phenoxy) is 1. The molecule has 1 fully saturated rings. The first kappa shape index (κ1) is 21.0. The number of amides is 1. The van der Waals surface area contributed by atoms with Gasteiger partial charge in [0.25, 0.3) is 5.91 Å². The summed E-state index contributed by atoms with van der Waals surface area (Å²) in [6.45, 7) is 4.32. The minimum Gasteiger partial charge on any atom is -0.495 e. The SMILES string of the molecule is COc1ccccc1N1CCN(C(=O)c2ccc(-c3cccc4cccnc34)cc2)C(C)C1. The molecule has 0 radical (unpaired) electrons. The Balaban J connectivity index is 1.33. The molecule has 5 nitrogen and oxygen atoms in total. The molecule has 166 valence electrons. The van der Waals surface area contributed by atoms with Crippen LogP contribution in [0.4, 0.5) is 5.69 Å². The van der Waals surface area contributed by atoms with Gasteiger partial charge in [-0.25, -0.2) is 0 Å². The van der Waals surface area contributed by atoms with Crippen LogP contribution in [-0.4, -0.2) is 48.6 Å². The number of carbonyl (C=O) groups excluding carboxylic acids is 1. The number of hydrogen-bond donors (Lipinski definition) is 0. The lowest BCUT2D eigenvalue weighted by atomic mass is 10.00. The first-order valence-electron chi connectivity index (χ1n) is 11.3. The van der Waals surface area contributed by atoms with Gasteiger partial charge in [0.2, 0.25) is 0 Å². The fraction of sp³-hybridized carbons (Fsp3) is 0.214. The summed E-state index contributed by atoms with van der Waals surface area (Å²) in [6, 6.07) is 26.2. The largest absolute Gasteiger partial charge is 0.495 e. The summed E-state index contributed by atoms with van der Waals surface area (Å²) >= 11 is 0. The third kappa shape index (κ3) is 4.02. The molecular formula is C28H27N3O2. The molecule has 2 heterocycles. The van der Waals surface area contributed by atoms with E-state index in [0.717, 1.165) is 46.6 Å². The van der Waals surface area contributed by atoms with Crippen LogP contribution in [0, 0.1) is 0 Å². The molecule has 1 saturated heterocycles. The summed E-state index contributed by atoms with van der Waals surface area (Å²) in [6.07, 6.45) is 1.82. The van der Waals surface area contributed by atoms with Crippen molar-refractivity contribution in [2.45, 2.75) is 13.0 Å². The van der Waals surface area contributed by atoms with Gasteiger partial charge in [-0.1, -0.05) is 48.5 Å². The fourth-order valence-electron chi connectivity index (χ4n) is 4.66. The summed E-state index contributed by atoms with van der Waals surface area (Å²) in [5, 5.41) is 1.11. The van der Waals surface area contributed by atoms with Crippen LogP contribution in [0.2, 0.25) is 0 Å². The van der Waals surface area contributed by atoms with E-state index in [4.69, 9.17) is 4.74 Å². The predicted molar refractivity (Wildman–Crippen MR) is 133 cm³/mol. The second-order valence-electron chi connectivity index (χ2n) is 8.42. The highest BCUT2D eigenvalue weighted by Crippen LogP contribution is 2.30. The Morgan fingerprint density at radius 2 is 1.73 bits per heavy atom.